The van der Waals surface area contributed by atoms with Crippen LogP contribution in [0, 0.1) is 11.8 Å². The Morgan fingerprint density at radius 3 is 2.55 bits per heavy atom. The van der Waals surface area contributed by atoms with E-state index in [1.54, 1.807) is 0 Å². The third-order valence-corrected chi connectivity index (χ3v) is 6.33. The van der Waals surface area contributed by atoms with Crippen molar-refractivity contribution in [1.29, 1.82) is 0 Å². The standard InChI is InChI=1S/C24H29N3O6/c1-16-8-9-19(12-16)13-22(29)26(17(2)28)33-23(30)21-11-10-20-14-25(21)24(31)27(20)32-15-18-6-4-3-5-7-18/h3-9,16,19-21H,10-15H2,1-2H3/t16-,19+,20-,21-/m0/s1. The van der Waals surface area contributed by atoms with E-state index in [0.29, 0.717) is 30.4 Å². The SMILES string of the molecule is CC(=O)N(OC(=O)[C@@H]1CC[C@H]2CN1C(=O)N2OCc1ccccc1)C(=O)C[C@@H]1C=C[C@H](C)C1. The molecule has 0 spiro atoms. The number of carbonyl (C=O) groups is 4. The molecule has 2 heterocycles. The number of amides is 4. The summed E-state index contributed by atoms with van der Waals surface area (Å²) in [6.45, 7) is 3.80. The maximum absolute atomic E-state index is 12.9. The predicted molar refractivity (Wildman–Crippen MR) is 117 cm³/mol. The van der Waals surface area contributed by atoms with Gasteiger partial charge in [-0.15, -0.1) is 5.06 Å². The molecule has 2 fully saturated rings. The number of hydrogen-bond acceptors (Lipinski definition) is 6. The van der Waals surface area contributed by atoms with E-state index in [9.17, 15) is 19.2 Å². The summed E-state index contributed by atoms with van der Waals surface area (Å²) in [4.78, 5) is 62.9. The molecule has 2 bridgehead atoms. The third-order valence-electron chi connectivity index (χ3n) is 6.33. The monoisotopic (exact) mass is 455 g/mol. The van der Waals surface area contributed by atoms with E-state index in [1.165, 1.54) is 16.9 Å². The Morgan fingerprint density at radius 1 is 1.12 bits per heavy atom. The highest BCUT2D eigenvalue weighted by atomic mass is 16.7. The van der Waals surface area contributed by atoms with Crippen molar-refractivity contribution in [2.75, 3.05) is 6.54 Å². The topological polar surface area (TPSA) is 96.5 Å². The number of imide groups is 1. The first kappa shape index (κ1) is 23.0. The zero-order valence-electron chi connectivity index (χ0n) is 18.9. The van der Waals surface area contributed by atoms with Gasteiger partial charge in [0.1, 0.15) is 12.6 Å². The van der Waals surface area contributed by atoms with Gasteiger partial charge in [-0.1, -0.05) is 49.4 Å². The molecule has 4 rings (SSSR count). The predicted octanol–water partition coefficient (Wildman–Crippen LogP) is 2.82. The van der Waals surface area contributed by atoms with Gasteiger partial charge >= 0.3 is 12.0 Å². The minimum absolute atomic E-state index is 0.0129. The van der Waals surface area contributed by atoms with Crippen molar-refractivity contribution >= 4 is 23.8 Å². The molecule has 2 aliphatic heterocycles. The fourth-order valence-corrected chi connectivity index (χ4v) is 4.64. The minimum atomic E-state index is -0.875. The second-order valence-corrected chi connectivity index (χ2v) is 8.95. The number of hydrogen-bond donors (Lipinski definition) is 0. The number of benzene rings is 1. The molecule has 1 aliphatic carbocycles. The number of allylic oxidation sites excluding steroid dienone is 2. The Kier molecular flexibility index (Phi) is 6.78. The highest BCUT2D eigenvalue weighted by molar-refractivity contribution is 5.95. The molecule has 33 heavy (non-hydrogen) atoms. The highest BCUT2D eigenvalue weighted by Crippen LogP contribution is 2.31. The number of carbonyl (C=O) groups excluding carboxylic acids is 4. The van der Waals surface area contributed by atoms with Gasteiger partial charge in [0.2, 0.25) is 0 Å². The Balaban J connectivity index is 1.36. The summed E-state index contributed by atoms with van der Waals surface area (Å²) in [6, 6.07) is 8.05. The molecule has 9 nitrogen and oxygen atoms in total. The van der Waals surface area contributed by atoms with E-state index in [-0.39, 0.29) is 25.0 Å². The first-order valence-corrected chi connectivity index (χ1v) is 11.3. The van der Waals surface area contributed by atoms with E-state index in [4.69, 9.17) is 9.68 Å². The first-order valence-electron chi connectivity index (χ1n) is 11.3. The largest absolute Gasteiger partial charge is 0.355 e. The average Bonchev–Trinajstić information content (AvgIpc) is 3.31. The Morgan fingerprint density at radius 2 is 1.88 bits per heavy atom. The minimum Gasteiger partial charge on any atom is -0.328 e. The lowest BCUT2D eigenvalue weighted by molar-refractivity contribution is -0.205. The van der Waals surface area contributed by atoms with Gasteiger partial charge in [-0.2, -0.15) is 5.06 Å². The number of fused-ring (bicyclic) bond motifs is 2. The zero-order valence-corrected chi connectivity index (χ0v) is 18.9. The normalized spacial score (nSPS) is 25.9. The molecule has 0 unspecified atom stereocenters. The fraction of sp³-hybridized carbons (Fsp3) is 0.500. The second-order valence-electron chi connectivity index (χ2n) is 8.95. The average molecular weight is 456 g/mol. The number of urea groups is 1. The molecular weight excluding hydrogens is 426 g/mol. The van der Waals surface area contributed by atoms with Gasteiger partial charge in [-0.05, 0) is 36.7 Å². The smallest absolute Gasteiger partial charge is 0.328 e. The van der Waals surface area contributed by atoms with Crippen LogP contribution < -0.4 is 0 Å². The molecule has 0 N–H and O–H groups in total. The Hall–Kier alpha value is -3.20. The summed E-state index contributed by atoms with van der Waals surface area (Å²) < 4.78 is 0. The van der Waals surface area contributed by atoms with Crippen LogP contribution in [0.15, 0.2) is 42.5 Å². The van der Waals surface area contributed by atoms with E-state index in [1.807, 2.05) is 42.5 Å². The molecule has 1 aromatic carbocycles. The van der Waals surface area contributed by atoms with Crippen molar-refractivity contribution in [3.63, 3.8) is 0 Å². The molecule has 9 heteroatoms. The molecule has 0 aromatic heterocycles. The van der Waals surface area contributed by atoms with E-state index in [0.717, 1.165) is 12.0 Å². The number of piperidine rings is 1. The lowest BCUT2D eigenvalue weighted by atomic mass is 10.0. The van der Waals surface area contributed by atoms with Crippen molar-refractivity contribution in [2.45, 2.75) is 58.2 Å². The van der Waals surface area contributed by atoms with Gasteiger partial charge in [0.25, 0.3) is 11.8 Å². The zero-order chi connectivity index (χ0) is 23.5. The molecule has 0 radical (unpaired) electrons. The van der Waals surface area contributed by atoms with Crippen LogP contribution >= 0.6 is 0 Å². The van der Waals surface area contributed by atoms with Crippen molar-refractivity contribution in [2.24, 2.45) is 11.8 Å². The molecule has 0 saturated carbocycles. The number of rotatable bonds is 6. The van der Waals surface area contributed by atoms with Gasteiger partial charge in [-0.3, -0.25) is 14.4 Å². The van der Waals surface area contributed by atoms with Crippen LogP contribution in [0.5, 0.6) is 0 Å². The molecule has 4 amide bonds. The summed E-state index contributed by atoms with van der Waals surface area (Å²) in [6.07, 6.45) is 5.81. The van der Waals surface area contributed by atoms with Crippen molar-refractivity contribution < 1.29 is 28.9 Å². The van der Waals surface area contributed by atoms with Crippen LogP contribution in [-0.2, 0) is 30.7 Å². The summed E-state index contributed by atoms with van der Waals surface area (Å²) in [5.41, 5.74) is 0.930. The van der Waals surface area contributed by atoms with Crippen molar-refractivity contribution in [1.82, 2.24) is 15.0 Å². The molecule has 4 atom stereocenters. The van der Waals surface area contributed by atoms with Gasteiger partial charge in [-0.25, -0.2) is 9.59 Å². The second kappa shape index (κ2) is 9.74. The maximum atomic E-state index is 12.9. The van der Waals surface area contributed by atoms with Crippen LogP contribution in [0.2, 0.25) is 0 Å². The quantitative estimate of drug-likeness (QED) is 0.483. The molecule has 1 aromatic rings. The van der Waals surface area contributed by atoms with Crippen LogP contribution in [0.4, 0.5) is 4.79 Å². The van der Waals surface area contributed by atoms with Crippen LogP contribution in [0.1, 0.15) is 45.1 Å². The summed E-state index contributed by atoms with van der Waals surface area (Å²) in [5, 5.41) is 1.86. The number of hydroxylamine groups is 4. The lowest BCUT2D eigenvalue weighted by Crippen LogP contribution is -2.49. The van der Waals surface area contributed by atoms with E-state index >= 15 is 0 Å². The Labute approximate surface area is 192 Å². The maximum Gasteiger partial charge on any atom is 0.355 e. The fourth-order valence-electron chi connectivity index (χ4n) is 4.64. The summed E-state index contributed by atoms with van der Waals surface area (Å²) in [7, 11) is 0. The van der Waals surface area contributed by atoms with Gasteiger partial charge in [0, 0.05) is 19.9 Å². The molecule has 3 aliphatic rings. The van der Waals surface area contributed by atoms with E-state index < -0.39 is 29.9 Å². The first-order chi connectivity index (χ1) is 15.8. The van der Waals surface area contributed by atoms with Gasteiger partial charge in [0.05, 0.1) is 6.04 Å². The molecule has 176 valence electrons. The third kappa shape index (κ3) is 5.08. The molecular formula is C24H29N3O6. The summed E-state index contributed by atoms with van der Waals surface area (Å²) in [5.74, 6) is -1.63. The van der Waals surface area contributed by atoms with Crippen molar-refractivity contribution in [3.05, 3.63) is 48.0 Å². The number of nitrogens with zero attached hydrogens (tertiary/aromatic N) is 3. The molecule has 2 saturated heterocycles. The van der Waals surface area contributed by atoms with Crippen molar-refractivity contribution in [3.8, 4) is 0 Å². The highest BCUT2D eigenvalue weighted by Gasteiger charge is 2.49. The van der Waals surface area contributed by atoms with Gasteiger partial charge in [0.15, 0.2) is 0 Å². The van der Waals surface area contributed by atoms with Gasteiger partial charge < -0.3 is 9.74 Å². The van der Waals surface area contributed by atoms with E-state index in [2.05, 4.69) is 6.92 Å². The summed E-state index contributed by atoms with van der Waals surface area (Å²) >= 11 is 0. The van der Waals surface area contributed by atoms with Crippen LogP contribution in [0.3, 0.4) is 0 Å². The Bertz CT molecular complexity index is 949. The van der Waals surface area contributed by atoms with Crippen LogP contribution in [-0.4, -0.2) is 57.5 Å². The lowest BCUT2D eigenvalue weighted by Gasteiger charge is -2.29. The van der Waals surface area contributed by atoms with Crippen LogP contribution in [0.25, 0.3) is 0 Å².